The van der Waals surface area contributed by atoms with E-state index in [-0.39, 0.29) is 16.9 Å². The van der Waals surface area contributed by atoms with Crippen LogP contribution in [-0.4, -0.2) is 15.0 Å². The van der Waals surface area contributed by atoms with Crippen LogP contribution in [0.5, 0.6) is 0 Å². The minimum Gasteiger partial charge on any atom is -0.346 e. The fourth-order valence-corrected chi connectivity index (χ4v) is 1.49. The molecular formula is C11H12F3N3. The number of hydrogen-bond donors (Lipinski definition) is 1. The molecule has 3 nitrogen and oxygen atoms in total. The number of fused-ring (bicyclic) bond motifs is 1. The van der Waals surface area contributed by atoms with Gasteiger partial charge in [0.1, 0.15) is 11.5 Å². The fourth-order valence-electron chi connectivity index (χ4n) is 1.49. The highest BCUT2D eigenvalue weighted by Gasteiger charge is 2.36. The van der Waals surface area contributed by atoms with E-state index in [1.54, 1.807) is 20.8 Å². The molecule has 6 heteroatoms. The Morgan fingerprint density at radius 1 is 1.12 bits per heavy atom. The summed E-state index contributed by atoms with van der Waals surface area (Å²) in [6.45, 7) is 5.33. The molecule has 0 aliphatic carbocycles. The van der Waals surface area contributed by atoms with Crippen LogP contribution in [0.3, 0.4) is 0 Å². The number of H-pyrrole nitrogens is 1. The molecule has 0 bridgehead atoms. The minimum absolute atomic E-state index is 0.00509. The Balaban J connectivity index is 2.76. The first-order chi connectivity index (χ1) is 7.69. The van der Waals surface area contributed by atoms with Crippen molar-refractivity contribution in [1.82, 2.24) is 15.0 Å². The van der Waals surface area contributed by atoms with Gasteiger partial charge in [-0.3, -0.25) is 0 Å². The third-order valence-corrected chi connectivity index (χ3v) is 2.36. The van der Waals surface area contributed by atoms with Crippen LogP contribution in [0.4, 0.5) is 13.2 Å². The van der Waals surface area contributed by atoms with E-state index in [4.69, 9.17) is 0 Å². The molecule has 0 amide bonds. The zero-order valence-electron chi connectivity index (χ0n) is 9.68. The van der Waals surface area contributed by atoms with Gasteiger partial charge in [0.25, 0.3) is 0 Å². The lowest BCUT2D eigenvalue weighted by molar-refractivity contribution is -0.140. The molecule has 1 N–H and O–H groups in total. The van der Waals surface area contributed by atoms with Crippen molar-refractivity contribution in [1.29, 1.82) is 0 Å². The molecule has 0 unspecified atom stereocenters. The summed E-state index contributed by atoms with van der Waals surface area (Å²) in [6.07, 6.45) is -3.04. The number of nitrogens with zero attached hydrogens (tertiary/aromatic N) is 2. The van der Waals surface area contributed by atoms with Crippen molar-refractivity contribution < 1.29 is 13.2 Å². The Morgan fingerprint density at radius 3 is 2.29 bits per heavy atom. The monoisotopic (exact) mass is 243 g/mol. The molecule has 0 atom stereocenters. The Hall–Kier alpha value is -1.59. The smallest absolute Gasteiger partial charge is 0.346 e. The Kier molecular flexibility index (Phi) is 2.41. The maximum absolute atomic E-state index is 12.9. The number of alkyl halides is 3. The van der Waals surface area contributed by atoms with Crippen molar-refractivity contribution in [2.75, 3.05) is 0 Å². The van der Waals surface area contributed by atoms with Crippen molar-refractivity contribution in [3.63, 3.8) is 0 Å². The molecular weight excluding hydrogens is 231 g/mol. The van der Waals surface area contributed by atoms with Crippen LogP contribution in [0.25, 0.3) is 11.0 Å². The molecule has 92 valence electrons. The van der Waals surface area contributed by atoms with Gasteiger partial charge in [-0.05, 0) is 6.07 Å². The highest BCUT2D eigenvalue weighted by molar-refractivity contribution is 5.78. The largest absolute Gasteiger partial charge is 0.434 e. The fraction of sp³-hybridized carbons (Fsp3) is 0.455. The van der Waals surface area contributed by atoms with Crippen LogP contribution < -0.4 is 0 Å². The Morgan fingerprint density at radius 2 is 1.76 bits per heavy atom. The van der Waals surface area contributed by atoms with Crippen molar-refractivity contribution in [3.8, 4) is 0 Å². The van der Waals surface area contributed by atoms with Gasteiger partial charge < -0.3 is 4.98 Å². The van der Waals surface area contributed by atoms with Gasteiger partial charge in [-0.1, -0.05) is 20.8 Å². The van der Waals surface area contributed by atoms with Crippen LogP contribution in [0.1, 0.15) is 32.3 Å². The van der Waals surface area contributed by atoms with E-state index in [1.807, 2.05) is 0 Å². The zero-order valence-corrected chi connectivity index (χ0v) is 9.68. The van der Waals surface area contributed by atoms with E-state index in [9.17, 15) is 13.2 Å². The summed E-state index contributed by atoms with van der Waals surface area (Å²) in [5.74, 6) is 0.180. The van der Waals surface area contributed by atoms with E-state index < -0.39 is 17.3 Å². The molecule has 0 saturated heterocycles. The summed E-state index contributed by atoms with van der Waals surface area (Å²) in [5.41, 5.74) is -1.19. The molecule has 2 rings (SSSR count). The average molecular weight is 243 g/mol. The van der Waals surface area contributed by atoms with Gasteiger partial charge in [-0.2, -0.15) is 13.2 Å². The van der Waals surface area contributed by atoms with Gasteiger partial charge in [0.15, 0.2) is 5.69 Å². The Bertz CT molecular complexity index is 549. The average Bonchev–Trinajstić information content (AvgIpc) is 2.59. The molecule has 17 heavy (non-hydrogen) atoms. The topological polar surface area (TPSA) is 41.6 Å². The third-order valence-electron chi connectivity index (χ3n) is 2.36. The van der Waals surface area contributed by atoms with Crippen molar-refractivity contribution in [3.05, 3.63) is 23.8 Å². The normalized spacial score (nSPS) is 13.3. The summed E-state index contributed by atoms with van der Waals surface area (Å²) in [7, 11) is 0. The highest BCUT2D eigenvalue weighted by Crippen LogP contribution is 2.34. The first kappa shape index (κ1) is 11.9. The lowest BCUT2D eigenvalue weighted by atomic mass is 9.95. The molecule has 0 aliphatic heterocycles. The van der Waals surface area contributed by atoms with Crippen LogP contribution >= 0.6 is 0 Å². The van der Waals surface area contributed by atoms with Crippen molar-refractivity contribution in [2.24, 2.45) is 0 Å². The van der Waals surface area contributed by atoms with Gasteiger partial charge in [0, 0.05) is 17.0 Å². The SMILES string of the molecule is CC(C)(C)c1nc(C(F)(F)F)c2cc[nH]c2n1. The predicted octanol–water partition coefficient (Wildman–Crippen LogP) is 3.27. The highest BCUT2D eigenvalue weighted by atomic mass is 19.4. The second kappa shape index (κ2) is 3.45. The van der Waals surface area contributed by atoms with E-state index in [2.05, 4.69) is 15.0 Å². The number of hydrogen-bond acceptors (Lipinski definition) is 2. The number of rotatable bonds is 0. The first-order valence-corrected chi connectivity index (χ1v) is 5.12. The summed E-state index contributed by atoms with van der Waals surface area (Å²) < 4.78 is 38.6. The molecule has 0 aliphatic rings. The number of halogens is 3. The van der Waals surface area contributed by atoms with E-state index in [0.29, 0.717) is 0 Å². The van der Waals surface area contributed by atoms with Gasteiger partial charge in [-0.15, -0.1) is 0 Å². The molecule has 0 spiro atoms. The summed E-state index contributed by atoms with van der Waals surface area (Å²) in [5, 5.41) is 0.00509. The molecule has 2 aromatic rings. The maximum Gasteiger partial charge on any atom is 0.434 e. The Labute approximate surface area is 96.1 Å². The standard InChI is InChI=1S/C11H12F3N3/c1-10(2,3)9-16-7(11(12,13)14)6-4-5-15-8(6)17-9/h4-5H,1-3H3,(H,15,16,17). The third kappa shape index (κ3) is 2.11. The van der Waals surface area contributed by atoms with Crippen LogP contribution in [0.2, 0.25) is 0 Å². The summed E-state index contributed by atoms with van der Waals surface area (Å²) in [4.78, 5) is 10.5. The summed E-state index contributed by atoms with van der Waals surface area (Å²) >= 11 is 0. The zero-order chi connectivity index (χ0) is 12.8. The van der Waals surface area contributed by atoms with E-state index in [0.717, 1.165) is 0 Å². The quantitative estimate of drug-likeness (QED) is 0.771. The van der Waals surface area contributed by atoms with Gasteiger partial charge >= 0.3 is 6.18 Å². The van der Waals surface area contributed by atoms with Gasteiger partial charge in [-0.25, -0.2) is 9.97 Å². The molecule has 0 saturated carbocycles. The van der Waals surface area contributed by atoms with E-state index >= 15 is 0 Å². The van der Waals surface area contributed by atoms with Gasteiger partial charge in [0.05, 0.1) is 0 Å². The van der Waals surface area contributed by atoms with Crippen LogP contribution in [-0.2, 0) is 11.6 Å². The predicted molar refractivity (Wildman–Crippen MR) is 57.6 cm³/mol. The number of aromatic nitrogens is 3. The van der Waals surface area contributed by atoms with Crippen LogP contribution in [0, 0.1) is 0 Å². The van der Waals surface area contributed by atoms with Crippen molar-refractivity contribution >= 4 is 11.0 Å². The maximum atomic E-state index is 12.9. The molecule has 0 aromatic carbocycles. The second-order valence-electron chi connectivity index (χ2n) is 4.88. The lowest BCUT2D eigenvalue weighted by Gasteiger charge is -2.18. The molecule has 2 aromatic heterocycles. The minimum atomic E-state index is -4.47. The second-order valence-corrected chi connectivity index (χ2v) is 4.88. The van der Waals surface area contributed by atoms with Gasteiger partial charge in [0.2, 0.25) is 0 Å². The summed E-state index contributed by atoms with van der Waals surface area (Å²) in [6, 6.07) is 1.34. The number of nitrogens with one attached hydrogen (secondary N) is 1. The lowest BCUT2D eigenvalue weighted by Crippen LogP contribution is -2.20. The van der Waals surface area contributed by atoms with Crippen LogP contribution in [0.15, 0.2) is 12.3 Å². The first-order valence-electron chi connectivity index (χ1n) is 5.12. The van der Waals surface area contributed by atoms with Crippen molar-refractivity contribution in [2.45, 2.75) is 32.4 Å². The molecule has 0 fully saturated rings. The molecule has 2 heterocycles. The number of aromatic amines is 1. The molecule has 0 radical (unpaired) electrons. The van der Waals surface area contributed by atoms with E-state index in [1.165, 1.54) is 12.3 Å².